The van der Waals surface area contributed by atoms with Crippen molar-refractivity contribution in [2.45, 2.75) is 12.6 Å². The standard InChI is InChI=1S/C35H45N3O8/c1-41-34(39)30-11-6-8-28(26-30)27-37-14-18-43-22-24-45-20-16-38(17-21-46-25-23-44-19-15-37)33(29-9-4-3-5-10-29)31-12-7-13-32(36-31)35(40)42-2/h3-13,26,33H,14-25,27H2,1-2H3. The van der Waals surface area contributed by atoms with Crippen LogP contribution in [0.25, 0.3) is 0 Å². The Bertz CT molecular complexity index is 1320. The van der Waals surface area contributed by atoms with Crippen molar-refractivity contribution in [3.8, 4) is 0 Å². The van der Waals surface area contributed by atoms with E-state index in [1.54, 1.807) is 12.1 Å². The molecule has 1 aliphatic heterocycles. The van der Waals surface area contributed by atoms with Gasteiger partial charge in [0.15, 0.2) is 0 Å². The largest absolute Gasteiger partial charge is 0.465 e. The van der Waals surface area contributed by atoms with Crippen LogP contribution in [-0.2, 0) is 35.0 Å². The molecule has 1 saturated heterocycles. The van der Waals surface area contributed by atoms with Crippen molar-refractivity contribution in [3.05, 3.63) is 101 Å². The van der Waals surface area contributed by atoms with Crippen molar-refractivity contribution in [1.82, 2.24) is 14.8 Å². The summed E-state index contributed by atoms with van der Waals surface area (Å²) in [6.45, 7) is 7.17. The van der Waals surface area contributed by atoms with Gasteiger partial charge in [-0.2, -0.15) is 0 Å². The molecule has 1 fully saturated rings. The highest BCUT2D eigenvalue weighted by Crippen LogP contribution is 2.27. The second-order valence-corrected chi connectivity index (χ2v) is 10.7. The van der Waals surface area contributed by atoms with Gasteiger partial charge in [0, 0.05) is 32.7 Å². The van der Waals surface area contributed by atoms with Gasteiger partial charge in [-0.1, -0.05) is 48.5 Å². The molecular formula is C35H45N3O8. The van der Waals surface area contributed by atoms with Crippen LogP contribution in [0, 0.1) is 0 Å². The summed E-state index contributed by atoms with van der Waals surface area (Å²) < 4.78 is 33.6. The van der Waals surface area contributed by atoms with Crippen LogP contribution in [0.4, 0.5) is 0 Å². The third kappa shape index (κ3) is 11.3. The summed E-state index contributed by atoms with van der Waals surface area (Å²) in [5.74, 6) is -0.827. The minimum Gasteiger partial charge on any atom is -0.465 e. The lowest BCUT2D eigenvalue weighted by Crippen LogP contribution is -2.36. The van der Waals surface area contributed by atoms with Crippen molar-refractivity contribution < 1.29 is 38.0 Å². The third-order valence-corrected chi connectivity index (χ3v) is 7.57. The summed E-state index contributed by atoms with van der Waals surface area (Å²) in [6, 6.07) is 22.8. The lowest BCUT2D eigenvalue weighted by atomic mass is 10.0. The summed E-state index contributed by atoms with van der Waals surface area (Å²) in [5, 5.41) is 0. The maximum atomic E-state index is 12.3. The first kappa shape index (κ1) is 35.1. The first-order chi connectivity index (χ1) is 22.6. The molecule has 0 amide bonds. The molecule has 248 valence electrons. The van der Waals surface area contributed by atoms with Crippen LogP contribution in [-0.4, -0.2) is 120 Å². The second-order valence-electron chi connectivity index (χ2n) is 10.7. The zero-order chi connectivity index (χ0) is 32.4. The van der Waals surface area contributed by atoms with Crippen LogP contribution >= 0.6 is 0 Å². The topological polar surface area (TPSA) is 109 Å². The molecule has 11 nitrogen and oxygen atoms in total. The summed E-state index contributed by atoms with van der Waals surface area (Å²) in [6.07, 6.45) is 0. The van der Waals surface area contributed by atoms with E-state index in [9.17, 15) is 9.59 Å². The van der Waals surface area contributed by atoms with E-state index in [2.05, 4.69) is 26.9 Å². The molecule has 2 heterocycles. The van der Waals surface area contributed by atoms with Crippen molar-refractivity contribution in [2.75, 3.05) is 93.3 Å². The van der Waals surface area contributed by atoms with Gasteiger partial charge < -0.3 is 28.4 Å². The predicted molar refractivity (Wildman–Crippen MR) is 172 cm³/mol. The Labute approximate surface area is 271 Å². The Hall–Kier alpha value is -3.71. The number of pyridine rings is 1. The first-order valence-electron chi connectivity index (χ1n) is 15.6. The fourth-order valence-electron chi connectivity index (χ4n) is 5.23. The molecule has 0 bridgehead atoms. The summed E-state index contributed by atoms with van der Waals surface area (Å²) in [7, 11) is 2.74. The van der Waals surface area contributed by atoms with Crippen LogP contribution in [0.2, 0.25) is 0 Å². The first-order valence-corrected chi connectivity index (χ1v) is 15.6. The van der Waals surface area contributed by atoms with E-state index in [0.717, 1.165) is 16.8 Å². The minimum atomic E-state index is -0.476. The van der Waals surface area contributed by atoms with Gasteiger partial charge in [-0.3, -0.25) is 9.80 Å². The van der Waals surface area contributed by atoms with Crippen molar-refractivity contribution in [2.24, 2.45) is 0 Å². The van der Waals surface area contributed by atoms with E-state index in [1.165, 1.54) is 14.2 Å². The number of esters is 2. The highest BCUT2D eigenvalue weighted by molar-refractivity contribution is 5.89. The van der Waals surface area contributed by atoms with Gasteiger partial charge >= 0.3 is 11.9 Å². The van der Waals surface area contributed by atoms with Crippen LogP contribution in [0.15, 0.2) is 72.8 Å². The molecule has 11 heteroatoms. The molecule has 1 unspecified atom stereocenters. The number of aromatic nitrogens is 1. The number of rotatable bonds is 7. The third-order valence-electron chi connectivity index (χ3n) is 7.57. The van der Waals surface area contributed by atoms with E-state index in [1.807, 2.05) is 48.5 Å². The SMILES string of the molecule is COC(=O)c1cccc(CN2CCOCCOCCN(C(c3ccccc3)c3cccc(C(=O)OC)n3)CCOCCOCC2)c1. The van der Waals surface area contributed by atoms with E-state index in [0.29, 0.717) is 91.1 Å². The van der Waals surface area contributed by atoms with Crippen LogP contribution in [0.5, 0.6) is 0 Å². The van der Waals surface area contributed by atoms with Crippen molar-refractivity contribution in [1.29, 1.82) is 0 Å². The van der Waals surface area contributed by atoms with Crippen LogP contribution in [0.3, 0.4) is 0 Å². The molecule has 4 rings (SSSR count). The Morgan fingerprint density at radius 2 is 1.28 bits per heavy atom. The smallest absolute Gasteiger partial charge is 0.356 e. The molecular weight excluding hydrogens is 590 g/mol. The fraction of sp³-hybridized carbons (Fsp3) is 0.457. The number of methoxy groups -OCH3 is 2. The van der Waals surface area contributed by atoms with E-state index in [4.69, 9.17) is 28.4 Å². The summed E-state index contributed by atoms with van der Waals surface area (Å²) in [5.41, 5.74) is 3.60. The van der Waals surface area contributed by atoms with Gasteiger partial charge in [0.1, 0.15) is 5.69 Å². The average Bonchev–Trinajstić information content (AvgIpc) is 3.09. The van der Waals surface area contributed by atoms with Gasteiger partial charge in [0.05, 0.1) is 84.4 Å². The Morgan fingerprint density at radius 3 is 1.89 bits per heavy atom. The minimum absolute atomic E-state index is 0.226. The van der Waals surface area contributed by atoms with E-state index in [-0.39, 0.29) is 17.7 Å². The molecule has 0 saturated carbocycles. The van der Waals surface area contributed by atoms with Gasteiger partial charge in [-0.25, -0.2) is 14.6 Å². The van der Waals surface area contributed by atoms with E-state index < -0.39 is 5.97 Å². The maximum Gasteiger partial charge on any atom is 0.356 e. The van der Waals surface area contributed by atoms with Crippen LogP contribution in [0.1, 0.15) is 43.7 Å². The molecule has 1 atom stereocenters. The predicted octanol–water partition coefficient (Wildman–Crippen LogP) is 3.63. The lowest BCUT2D eigenvalue weighted by molar-refractivity contribution is 0.00342. The Kier molecular flexibility index (Phi) is 15.1. The Morgan fingerprint density at radius 1 is 0.696 bits per heavy atom. The zero-order valence-electron chi connectivity index (χ0n) is 26.8. The van der Waals surface area contributed by atoms with Gasteiger partial charge in [-0.05, 0) is 35.4 Å². The summed E-state index contributed by atoms with van der Waals surface area (Å²) in [4.78, 5) is 33.4. The number of benzene rings is 2. The molecule has 0 radical (unpaired) electrons. The van der Waals surface area contributed by atoms with Gasteiger partial charge in [-0.15, -0.1) is 0 Å². The number of ether oxygens (including phenoxy) is 6. The molecule has 46 heavy (non-hydrogen) atoms. The van der Waals surface area contributed by atoms with Gasteiger partial charge in [0.25, 0.3) is 0 Å². The monoisotopic (exact) mass is 635 g/mol. The molecule has 1 aromatic heterocycles. The average molecular weight is 636 g/mol. The highest BCUT2D eigenvalue weighted by atomic mass is 16.5. The number of hydrogen-bond donors (Lipinski definition) is 0. The molecule has 2 aromatic carbocycles. The quantitative estimate of drug-likeness (QED) is 0.355. The van der Waals surface area contributed by atoms with Crippen LogP contribution < -0.4 is 0 Å². The van der Waals surface area contributed by atoms with Crippen molar-refractivity contribution in [3.63, 3.8) is 0 Å². The Balaban J connectivity index is 1.38. The number of carbonyl (C=O) groups excluding carboxylic acids is 2. The molecule has 1 aliphatic rings. The number of nitrogens with zero attached hydrogens (tertiary/aromatic N) is 3. The lowest BCUT2D eigenvalue weighted by Gasteiger charge is -2.32. The second kappa shape index (κ2) is 19.7. The van der Waals surface area contributed by atoms with E-state index >= 15 is 0 Å². The maximum absolute atomic E-state index is 12.3. The zero-order valence-corrected chi connectivity index (χ0v) is 26.8. The molecule has 0 spiro atoms. The number of hydrogen-bond acceptors (Lipinski definition) is 11. The summed E-state index contributed by atoms with van der Waals surface area (Å²) >= 11 is 0. The fourth-order valence-corrected chi connectivity index (χ4v) is 5.23. The molecule has 0 N–H and O–H groups in total. The highest BCUT2D eigenvalue weighted by Gasteiger charge is 2.25. The normalized spacial score (nSPS) is 17.7. The molecule has 3 aromatic rings. The number of carbonyl (C=O) groups is 2. The molecule has 0 aliphatic carbocycles. The van der Waals surface area contributed by atoms with Crippen molar-refractivity contribution >= 4 is 11.9 Å². The van der Waals surface area contributed by atoms with Gasteiger partial charge in [0.2, 0.25) is 0 Å².